The molecule has 1 fully saturated rings. The first kappa shape index (κ1) is 61.1. The average Bonchev–Trinajstić information content (AvgIpc) is 3.28. The summed E-state index contributed by atoms with van der Waals surface area (Å²) < 4.78 is 34.3. The molecular formula is C51H99O12P. The van der Waals surface area contributed by atoms with E-state index in [1.807, 2.05) is 0 Å². The number of esters is 1. The Morgan fingerprint density at radius 3 is 1.23 bits per heavy atom. The molecule has 0 aromatic heterocycles. The van der Waals surface area contributed by atoms with Crippen LogP contribution >= 0.6 is 7.82 Å². The molecule has 0 bridgehead atoms. The summed E-state index contributed by atoms with van der Waals surface area (Å²) in [5.41, 5.74) is 0. The Bertz CT molecular complexity index is 1110. The van der Waals surface area contributed by atoms with Crippen molar-refractivity contribution in [1.82, 2.24) is 0 Å². The second-order valence-corrected chi connectivity index (χ2v) is 20.1. The summed E-state index contributed by atoms with van der Waals surface area (Å²) in [4.78, 5) is 23.2. The van der Waals surface area contributed by atoms with Gasteiger partial charge in [0.1, 0.15) is 42.7 Å². The molecule has 0 saturated heterocycles. The lowest BCUT2D eigenvalue weighted by Gasteiger charge is -2.41. The number of phosphoric acid groups is 1. The molecule has 6 atom stereocenters. The fourth-order valence-corrected chi connectivity index (χ4v) is 9.38. The van der Waals surface area contributed by atoms with E-state index in [9.17, 15) is 39.8 Å². The Labute approximate surface area is 390 Å². The SMILES string of the molecule is CCCCCCCC/C=C\CCCCCCCCOCC(COP(=O)(O)OC1C(O)C(O)C(O)C(O)C1O)OC(=O)CCCCCCCCCCCCCCCCCCCCCCC. The number of ether oxygens (including phenoxy) is 2. The summed E-state index contributed by atoms with van der Waals surface area (Å²) in [6.07, 6.45) is 35.6. The standard InChI is InChI=1S/C51H99O12P/c1-3-5-7-9-11-13-15-17-19-21-22-23-24-25-26-28-30-32-34-36-38-40-45(52)62-44(43-61-64(58,59)63-51-49(56)47(54)46(53)48(55)50(51)57)42-60-41-39-37-35-33-31-29-27-20-18-16-14-12-10-8-6-4-2/h18,20,44,46-51,53-57H,3-17,19,21-43H2,1-2H3,(H,58,59)/b20-18-. The number of carbonyl (C=O) groups is 1. The van der Waals surface area contributed by atoms with E-state index in [0.717, 1.165) is 51.4 Å². The van der Waals surface area contributed by atoms with Crippen molar-refractivity contribution in [3.63, 3.8) is 0 Å². The third kappa shape index (κ3) is 33.5. The average molecular weight is 935 g/mol. The highest BCUT2D eigenvalue weighted by atomic mass is 31.2. The van der Waals surface area contributed by atoms with E-state index < -0.39 is 63.1 Å². The van der Waals surface area contributed by atoms with E-state index in [1.54, 1.807) is 0 Å². The van der Waals surface area contributed by atoms with Crippen molar-refractivity contribution in [2.45, 2.75) is 288 Å². The molecule has 380 valence electrons. The molecule has 0 amide bonds. The third-order valence-electron chi connectivity index (χ3n) is 12.6. The lowest BCUT2D eigenvalue weighted by atomic mass is 9.85. The second-order valence-electron chi connectivity index (χ2n) is 18.7. The number of phosphoric ester groups is 1. The fraction of sp³-hybridized carbons (Fsp3) is 0.941. The first-order valence-corrected chi connectivity index (χ1v) is 28.0. The van der Waals surface area contributed by atoms with Crippen molar-refractivity contribution in [3.8, 4) is 0 Å². The van der Waals surface area contributed by atoms with Crippen LogP contribution in [-0.2, 0) is 27.9 Å². The zero-order chi connectivity index (χ0) is 46.9. The summed E-state index contributed by atoms with van der Waals surface area (Å²) in [5, 5.41) is 50.3. The van der Waals surface area contributed by atoms with Crippen LogP contribution in [0.5, 0.6) is 0 Å². The molecule has 0 radical (unpaired) electrons. The minimum atomic E-state index is -5.02. The summed E-state index contributed by atoms with van der Waals surface area (Å²) in [7, 11) is -5.02. The van der Waals surface area contributed by atoms with E-state index in [2.05, 4.69) is 26.0 Å². The molecule has 64 heavy (non-hydrogen) atoms. The molecule has 1 aliphatic carbocycles. The van der Waals surface area contributed by atoms with Crippen LogP contribution in [0.15, 0.2) is 12.2 Å². The van der Waals surface area contributed by atoms with Gasteiger partial charge in [-0.2, -0.15) is 0 Å². The van der Waals surface area contributed by atoms with Gasteiger partial charge < -0.3 is 39.9 Å². The van der Waals surface area contributed by atoms with E-state index in [4.69, 9.17) is 18.5 Å². The Balaban J connectivity index is 2.31. The normalized spacial score (nSPS) is 21.7. The molecule has 0 heterocycles. The van der Waals surface area contributed by atoms with E-state index >= 15 is 0 Å². The maximum absolute atomic E-state index is 12.9. The van der Waals surface area contributed by atoms with Crippen LogP contribution < -0.4 is 0 Å². The van der Waals surface area contributed by atoms with Gasteiger partial charge in [0.05, 0.1) is 13.2 Å². The predicted octanol–water partition coefficient (Wildman–Crippen LogP) is 11.9. The molecule has 0 spiro atoms. The number of hydrogen-bond acceptors (Lipinski definition) is 11. The van der Waals surface area contributed by atoms with Crippen LogP contribution in [0.25, 0.3) is 0 Å². The maximum Gasteiger partial charge on any atom is 0.472 e. The zero-order valence-electron chi connectivity index (χ0n) is 40.9. The van der Waals surface area contributed by atoms with E-state index in [-0.39, 0.29) is 13.0 Å². The van der Waals surface area contributed by atoms with Gasteiger partial charge in [0.2, 0.25) is 0 Å². The van der Waals surface area contributed by atoms with Crippen LogP contribution in [0.4, 0.5) is 0 Å². The lowest BCUT2D eigenvalue weighted by molar-refractivity contribution is -0.220. The van der Waals surface area contributed by atoms with Gasteiger partial charge in [-0.3, -0.25) is 13.8 Å². The van der Waals surface area contributed by atoms with Gasteiger partial charge in [-0.05, 0) is 38.5 Å². The summed E-state index contributed by atoms with van der Waals surface area (Å²) in [5.74, 6) is -0.473. The first-order chi connectivity index (χ1) is 31.0. The van der Waals surface area contributed by atoms with Gasteiger partial charge in [-0.15, -0.1) is 0 Å². The first-order valence-electron chi connectivity index (χ1n) is 26.5. The van der Waals surface area contributed by atoms with Crippen LogP contribution in [0.3, 0.4) is 0 Å². The molecule has 0 aromatic rings. The van der Waals surface area contributed by atoms with Crippen LogP contribution in [0.1, 0.15) is 245 Å². The lowest BCUT2D eigenvalue weighted by Crippen LogP contribution is -2.64. The minimum Gasteiger partial charge on any atom is -0.457 e. The Hall–Kier alpha value is -0.920. The van der Waals surface area contributed by atoms with E-state index in [0.29, 0.717) is 13.0 Å². The second kappa shape index (κ2) is 42.2. The van der Waals surface area contributed by atoms with Crippen molar-refractivity contribution < 1.29 is 58.3 Å². The van der Waals surface area contributed by atoms with Gasteiger partial charge in [0.25, 0.3) is 0 Å². The molecule has 0 aliphatic heterocycles. The number of aliphatic hydroxyl groups excluding tert-OH is 5. The molecule has 1 rings (SSSR count). The maximum atomic E-state index is 12.9. The van der Waals surface area contributed by atoms with Crippen LogP contribution in [0.2, 0.25) is 0 Å². The molecule has 12 nitrogen and oxygen atoms in total. The molecule has 1 aliphatic rings. The van der Waals surface area contributed by atoms with Crippen molar-refractivity contribution in [1.29, 1.82) is 0 Å². The third-order valence-corrected chi connectivity index (χ3v) is 13.6. The van der Waals surface area contributed by atoms with Crippen LogP contribution in [0, 0.1) is 0 Å². The van der Waals surface area contributed by atoms with Crippen molar-refractivity contribution >= 4 is 13.8 Å². The highest BCUT2D eigenvalue weighted by molar-refractivity contribution is 7.47. The summed E-state index contributed by atoms with van der Waals surface area (Å²) >= 11 is 0. The number of unbranched alkanes of at least 4 members (excludes halogenated alkanes) is 32. The van der Waals surface area contributed by atoms with Crippen molar-refractivity contribution in [2.75, 3.05) is 19.8 Å². The molecule has 6 N–H and O–H groups in total. The Morgan fingerprint density at radius 2 is 0.828 bits per heavy atom. The summed E-state index contributed by atoms with van der Waals surface area (Å²) in [6.45, 7) is 4.29. The summed E-state index contributed by atoms with van der Waals surface area (Å²) in [6, 6.07) is 0. The Kier molecular flexibility index (Phi) is 40.3. The minimum absolute atomic E-state index is 0.0750. The number of carbonyl (C=O) groups excluding carboxylic acids is 1. The zero-order valence-corrected chi connectivity index (χ0v) is 41.7. The molecular weight excluding hydrogens is 836 g/mol. The predicted molar refractivity (Wildman–Crippen MR) is 258 cm³/mol. The molecule has 1 saturated carbocycles. The molecule has 0 aromatic carbocycles. The number of allylic oxidation sites excluding steroid dienone is 2. The molecule has 6 unspecified atom stereocenters. The largest absolute Gasteiger partial charge is 0.472 e. The quantitative estimate of drug-likeness (QED) is 0.0147. The highest BCUT2D eigenvalue weighted by Gasteiger charge is 2.51. The van der Waals surface area contributed by atoms with Crippen molar-refractivity contribution in [2.24, 2.45) is 0 Å². The fourth-order valence-electron chi connectivity index (χ4n) is 8.41. The highest BCUT2D eigenvalue weighted by Crippen LogP contribution is 2.47. The van der Waals surface area contributed by atoms with E-state index in [1.165, 1.54) is 167 Å². The molecule has 13 heteroatoms. The van der Waals surface area contributed by atoms with Crippen molar-refractivity contribution in [3.05, 3.63) is 12.2 Å². The Morgan fingerprint density at radius 1 is 0.484 bits per heavy atom. The van der Waals surface area contributed by atoms with Gasteiger partial charge >= 0.3 is 13.8 Å². The topological polar surface area (TPSA) is 192 Å². The number of rotatable bonds is 46. The van der Waals surface area contributed by atoms with Gasteiger partial charge in [0, 0.05) is 13.0 Å². The monoisotopic (exact) mass is 935 g/mol. The number of hydrogen-bond donors (Lipinski definition) is 6. The van der Waals surface area contributed by atoms with Gasteiger partial charge in [-0.25, -0.2) is 4.57 Å². The smallest absolute Gasteiger partial charge is 0.457 e. The number of aliphatic hydroxyl groups is 5. The van der Waals surface area contributed by atoms with Gasteiger partial charge in [-0.1, -0.05) is 212 Å². The van der Waals surface area contributed by atoms with Crippen LogP contribution in [-0.4, -0.2) is 98.9 Å². The van der Waals surface area contributed by atoms with Gasteiger partial charge in [0.15, 0.2) is 0 Å².